The average Bonchev–Trinajstić information content (AvgIpc) is 4.20. The van der Waals surface area contributed by atoms with Crippen LogP contribution in [0.1, 0.15) is 75.1 Å². The lowest BCUT2D eigenvalue weighted by atomic mass is 9.89. The van der Waals surface area contributed by atoms with Crippen LogP contribution in [0.15, 0.2) is 70.1 Å². The van der Waals surface area contributed by atoms with Crippen LogP contribution in [0.5, 0.6) is 0 Å². The van der Waals surface area contributed by atoms with Gasteiger partial charge in [-0.2, -0.15) is 0 Å². The number of nitrogens with one attached hydrogen (secondary N) is 2. The van der Waals surface area contributed by atoms with Crippen LogP contribution in [0.4, 0.5) is 9.59 Å². The summed E-state index contributed by atoms with van der Waals surface area (Å²) >= 11 is 0. The van der Waals surface area contributed by atoms with E-state index in [9.17, 15) is 34.2 Å². The number of carboxylic acid groups (broad SMARTS) is 2. The highest BCUT2D eigenvalue weighted by Gasteiger charge is 2.44. The first-order valence-electron chi connectivity index (χ1n) is 23.2. The fourth-order valence-corrected chi connectivity index (χ4v) is 11.0. The number of H-pyrrole nitrogens is 2. The molecular formula is C49H54N8O10. The maximum absolute atomic E-state index is 14.3. The molecule has 4 fully saturated rings. The van der Waals surface area contributed by atoms with Crippen molar-refractivity contribution in [3.8, 4) is 22.5 Å². The smallest absolute Gasteiger partial charge is 0.407 e. The average molecular weight is 915 g/mol. The molecule has 10 rings (SSSR count). The zero-order chi connectivity index (χ0) is 46.5. The Balaban J connectivity index is 0.884. The monoisotopic (exact) mass is 914 g/mol. The van der Waals surface area contributed by atoms with E-state index in [1.165, 1.54) is 14.1 Å². The van der Waals surface area contributed by atoms with Crippen LogP contribution >= 0.6 is 0 Å². The van der Waals surface area contributed by atoms with Crippen molar-refractivity contribution in [3.05, 3.63) is 82.8 Å². The van der Waals surface area contributed by atoms with Crippen molar-refractivity contribution >= 4 is 56.7 Å². The minimum atomic E-state index is -1.14. The molecule has 0 bridgehead atoms. The van der Waals surface area contributed by atoms with Gasteiger partial charge in [-0.05, 0) is 98.2 Å². The third-order valence-corrected chi connectivity index (χ3v) is 14.5. The molecule has 3 aromatic carbocycles. The number of hydrogen-bond donors (Lipinski definition) is 4. The second-order valence-electron chi connectivity index (χ2n) is 18.3. The number of rotatable bonds is 10. The van der Waals surface area contributed by atoms with E-state index in [-0.39, 0.29) is 41.2 Å². The molecule has 4 saturated heterocycles. The molecule has 7 heterocycles. The number of amides is 4. The number of carbonyl (C=O) groups excluding carboxylic acids is 2. The topological polar surface area (TPSA) is 228 Å². The number of nitrogens with zero attached hydrogens (tertiary/aromatic N) is 6. The Morgan fingerprint density at radius 2 is 1.15 bits per heavy atom. The quantitative estimate of drug-likeness (QED) is 0.0804. The molecule has 4 atom stereocenters. The van der Waals surface area contributed by atoms with Crippen LogP contribution < -0.4 is 5.43 Å². The summed E-state index contributed by atoms with van der Waals surface area (Å²) in [4.78, 5) is 88.8. The molecule has 4 aliphatic rings. The molecule has 18 heteroatoms. The highest BCUT2D eigenvalue weighted by Crippen LogP contribution is 2.38. The molecule has 0 saturated carbocycles. The summed E-state index contributed by atoms with van der Waals surface area (Å²) in [5.74, 6) is 0.541. The second kappa shape index (κ2) is 18.1. The number of carbonyl (C=O) groups is 4. The standard InChI is InChI=1S/C49H54N8O10/c1-54(48(61)62)41(27-13-19-65-20-14-27)46(59)56-17-3-5-36(56)44-50-25-34(52-44)30-7-10-32-29(23-30)9-12-38-40(32)43(58)33-11-8-31(24-39(33)67-38)35-26-51-45(53-35)37-6-4-18-57(37)47(60)42(55(2)49(63)64)28-15-21-66-22-16-28/h7-12,23-28,36-37,41-42H,3-6,13-22H2,1-2H3,(H,50,52)(H,51,53)(H,61,62)(H,63,64)/t36-,37-,41?,42?/m0/s1. The number of aromatic amines is 2. The van der Waals surface area contributed by atoms with Gasteiger partial charge in [-0.1, -0.05) is 24.3 Å². The highest BCUT2D eigenvalue weighted by molar-refractivity contribution is 6.09. The molecular weight excluding hydrogens is 861 g/mol. The molecule has 4 amide bonds. The Morgan fingerprint density at radius 3 is 1.66 bits per heavy atom. The molecule has 0 aliphatic carbocycles. The predicted molar refractivity (Wildman–Crippen MR) is 246 cm³/mol. The first-order valence-corrected chi connectivity index (χ1v) is 23.2. The van der Waals surface area contributed by atoms with Gasteiger partial charge in [0.1, 0.15) is 34.9 Å². The lowest BCUT2D eigenvalue weighted by Crippen LogP contribution is -2.53. The van der Waals surface area contributed by atoms with Crippen molar-refractivity contribution < 1.29 is 43.3 Å². The molecule has 0 spiro atoms. The first-order chi connectivity index (χ1) is 32.5. The van der Waals surface area contributed by atoms with E-state index in [2.05, 4.69) is 9.97 Å². The summed E-state index contributed by atoms with van der Waals surface area (Å²) in [6.07, 6.45) is 6.53. The molecule has 0 radical (unpaired) electrons. The van der Waals surface area contributed by atoms with Gasteiger partial charge in [0.25, 0.3) is 0 Å². The van der Waals surface area contributed by atoms with Gasteiger partial charge in [-0.3, -0.25) is 24.2 Å². The lowest BCUT2D eigenvalue weighted by Gasteiger charge is -2.37. The fourth-order valence-electron chi connectivity index (χ4n) is 11.0. The predicted octanol–water partition coefficient (Wildman–Crippen LogP) is 7.02. The van der Waals surface area contributed by atoms with E-state index in [1.807, 2.05) is 36.4 Å². The molecule has 2 unspecified atom stereocenters. The minimum Gasteiger partial charge on any atom is -0.465 e. The fraction of sp³-hybridized carbons (Fsp3) is 0.449. The van der Waals surface area contributed by atoms with Crippen molar-refractivity contribution in [2.24, 2.45) is 11.8 Å². The van der Waals surface area contributed by atoms with Gasteiger partial charge in [0.05, 0.1) is 46.6 Å². The van der Waals surface area contributed by atoms with Gasteiger partial charge in [-0.15, -0.1) is 0 Å². The van der Waals surface area contributed by atoms with Crippen LogP contribution in [0.2, 0.25) is 0 Å². The van der Waals surface area contributed by atoms with Crippen molar-refractivity contribution in [1.82, 2.24) is 39.5 Å². The Morgan fingerprint density at radius 1 is 0.657 bits per heavy atom. The number of imidazole rings is 2. The van der Waals surface area contributed by atoms with Crippen LogP contribution in [0.3, 0.4) is 0 Å². The normalized spacial score (nSPS) is 20.4. The van der Waals surface area contributed by atoms with Gasteiger partial charge >= 0.3 is 12.2 Å². The molecule has 4 N–H and O–H groups in total. The molecule has 67 heavy (non-hydrogen) atoms. The number of likely N-dealkylation sites (N-methyl/N-ethyl adjacent to an activating group) is 2. The van der Waals surface area contributed by atoms with Crippen LogP contribution in [0.25, 0.3) is 55.2 Å². The van der Waals surface area contributed by atoms with Crippen molar-refractivity contribution in [1.29, 1.82) is 0 Å². The van der Waals surface area contributed by atoms with Crippen molar-refractivity contribution in [3.63, 3.8) is 0 Å². The van der Waals surface area contributed by atoms with Gasteiger partial charge in [0, 0.05) is 64.7 Å². The van der Waals surface area contributed by atoms with E-state index in [0.717, 1.165) is 50.2 Å². The number of likely N-dealkylation sites (tertiary alicyclic amines) is 2. The molecule has 18 nitrogen and oxygen atoms in total. The van der Waals surface area contributed by atoms with Gasteiger partial charge in [0.2, 0.25) is 17.2 Å². The second-order valence-corrected chi connectivity index (χ2v) is 18.3. The summed E-state index contributed by atoms with van der Waals surface area (Å²) in [6, 6.07) is 12.7. The Labute approximate surface area is 384 Å². The third-order valence-electron chi connectivity index (χ3n) is 14.5. The SMILES string of the molecule is CN(C(=O)O)C(C(=O)N1CCC[C@H]1c1ncc(-c2ccc3c(ccc4oc5cc(-c6cnc([C@@H]7CCCN7C(=O)C(C7CCOCC7)N(C)C(=O)O)[nH]6)ccc5c(=O)c43)c2)[nH]1)C1CCOCC1. The Kier molecular flexibility index (Phi) is 11.9. The van der Waals surface area contributed by atoms with Crippen LogP contribution in [0, 0.1) is 11.8 Å². The Bertz CT molecular complexity index is 2930. The first kappa shape index (κ1) is 44.1. The van der Waals surface area contributed by atoms with Crippen LogP contribution in [-0.4, -0.2) is 139 Å². The number of hydrogen-bond acceptors (Lipinski definition) is 10. The zero-order valence-corrected chi connectivity index (χ0v) is 37.5. The number of ether oxygens (including phenoxy) is 2. The Hall–Kier alpha value is -6.79. The van der Waals surface area contributed by atoms with Gasteiger partial charge < -0.3 is 43.9 Å². The van der Waals surface area contributed by atoms with Gasteiger partial charge in [-0.25, -0.2) is 19.6 Å². The zero-order valence-electron chi connectivity index (χ0n) is 37.5. The van der Waals surface area contributed by atoms with E-state index in [0.29, 0.717) is 117 Å². The summed E-state index contributed by atoms with van der Waals surface area (Å²) in [5.41, 5.74) is 3.71. The number of fused-ring (bicyclic) bond motifs is 4. The number of aromatic nitrogens is 4. The van der Waals surface area contributed by atoms with Gasteiger partial charge in [0.15, 0.2) is 0 Å². The maximum atomic E-state index is 14.3. The summed E-state index contributed by atoms with van der Waals surface area (Å²) in [5, 5.41) is 22.2. The van der Waals surface area contributed by atoms with E-state index in [1.54, 1.807) is 34.3 Å². The summed E-state index contributed by atoms with van der Waals surface area (Å²) < 4.78 is 17.5. The van der Waals surface area contributed by atoms with E-state index >= 15 is 0 Å². The maximum Gasteiger partial charge on any atom is 0.407 e. The van der Waals surface area contributed by atoms with E-state index < -0.39 is 24.3 Å². The lowest BCUT2D eigenvalue weighted by molar-refractivity contribution is -0.141. The van der Waals surface area contributed by atoms with Crippen LogP contribution in [-0.2, 0) is 19.1 Å². The molecule has 3 aromatic heterocycles. The minimum absolute atomic E-state index is 0.133. The van der Waals surface area contributed by atoms with Crippen molar-refractivity contribution in [2.75, 3.05) is 53.6 Å². The third kappa shape index (κ3) is 8.15. The largest absolute Gasteiger partial charge is 0.465 e. The number of benzene rings is 3. The van der Waals surface area contributed by atoms with E-state index in [4.69, 9.17) is 23.9 Å². The molecule has 350 valence electrons. The summed E-state index contributed by atoms with van der Waals surface area (Å²) in [6.45, 7) is 2.98. The highest BCUT2D eigenvalue weighted by atomic mass is 16.5. The summed E-state index contributed by atoms with van der Waals surface area (Å²) in [7, 11) is 2.93. The van der Waals surface area contributed by atoms with Crippen molar-refractivity contribution in [2.45, 2.75) is 75.5 Å². The molecule has 4 aliphatic heterocycles. The molecule has 6 aromatic rings.